The average molecular weight is 204 g/mol. The van der Waals surface area contributed by atoms with Gasteiger partial charge in [-0.2, -0.15) is 0 Å². The highest BCUT2D eigenvalue weighted by Gasteiger charge is 2.24. The molecule has 0 spiro atoms. The lowest BCUT2D eigenvalue weighted by molar-refractivity contribution is -1.01. The molecule has 1 aliphatic heterocycles. The Bertz CT molecular complexity index is 146. The van der Waals surface area contributed by atoms with E-state index >= 15 is 0 Å². The summed E-state index contributed by atoms with van der Waals surface area (Å²) in [4.78, 5) is 3.27. The zero-order valence-electron chi connectivity index (χ0n) is 9.39. The van der Waals surface area contributed by atoms with Gasteiger partial charge in [0.15, 0.2) is 0 Å². The Labute approximate surface area is 86.7 Å². The summed E-state index contributed by atoms with van der Waals surface area (Å²) in [6, 6.07) is 0.615. The highest BCUT2D eigenvalue weighted by atomic mass is 16.3. The van der Waals surface area contributed by atoms with E-state index in [0.717, 1.165) is 6.54 Å². The summed E-state index contributed by atoms with van der Waals surface area (Å²) in [6.07, 6.45) is 1.19. The maximum absolute atomic E-state index is 8.83. The van der Waals surface area contributed by atoms with E-state index in [2.05, 4.69) is 12.7 Å². The van der Waals surface area contributed by atoms with Gasteiger partial charge in [0.1, 0.15) is 45.3 Å². The third kappa shape index (κ3) is 3.92. The second-order valence-corrected chi connectivity index (χ2v) is 4.45. The molecule has 1 rings (SSSR count). The molecule has 1 atom stereocenters. The molecule has 0 aromatic heterocycles. The van der Waals surface area contributed by atoms with Gasteiger partial charge in [-0.25, -0.2) is 0 Å². The van der Waals surface area contributed by atoms with Gasteiger partial charge in [0.05, 0.1) is 6.61 Å². The predicted octanol–water partition coefficient (Wildman–Crippen LogP) is -4.22. The molecule has 0 saturated carbocycles. The summed E-state index contributed by atoms with van der Waals surface area (Å²) >= 11 is 0. The van der Waals surface area contributed by atoms with Gasteiger partial charge in [-0.3, -0.25) is 0 Å². The number of aliphatic hydroxyl groups excluding tert-OH is 1. The minimum Gasteiger partial charge on any atom is -0.391 e. The van der Waals surface area contributed by atoms with Crippen molar-refractivity contribution in [3.05, 3.63) is 0 Å². The monoisotopic (exact) mass is 204 g/mol. The van der Waals surface area contributed by atoms with Gasteiger partial charge in [0, 0.05) is 6.42 Å². The van der Waals surface area contributed by atoms with Crippen LogP contribution in [0.15, 0.2) is 0 Å². The van der Waals surface area contributed by atoms with E-state index in [1.807, 2.05) is 0 Å². The fourth-order valence-electron chi connectivity index (χ4n) is 2.12. The lowest BCUT2D eigenvalue weighted by Gasteiger charge is -2.29. The summed E-state index contributed by atoms with van der Waals surface area (Å²) in [7, 11) is 0. The van der Waals surface area contributed by atoms with E-state index in [-0.39, 0.29) is 0 Å². The molecule has 1 heterocycles. The maximum Gasteiger partial charge on any atom is 0.134 e. The maximum atomic E-state index is 8.83. The molecule has 0 amide bonds. The van der Waals surface area contributed by atoms with Crippen molar-refractivity contribution in [1.82, 2.24) is 0 Å². The van der Waals surface area contributed by atoms with Crippen molar-refractivity contribution in [2.45, 2.75) is 19.4 Å². The van der Waals surface area contributed by atoms with Gasteiger partial charge in [0.2, 0.25) is 0 Å². The van der Waals surface area contributed by atoms with Crippen LogP contribution in [0.2, 0.25) is 0 Å². The lowest BCUT2D eigenvalue weighted by Crippen LogP contribution is -3.29. The summed E-state index contributed by atoms with van der Waals surface area (Å²) in [5.74, 6) is 0. The van der Waals surface area contributed by atoms with Crippen LogP contribution in [-0.2, 0) is 0 Å². The van der Waals surface area contributed by atoms with Crippen molar-refractivity contribution in [1.29, 1.82) is 0 Å². The van der Waals surface area contributed by atoms with Crippen molar-refractivity contribution < 1.29 is 20.6 Å². The molecular formula is C10H26N3O+3. The zero-order chi connectivity index (χ0) is 10.4. The smallest absolute Gasteiger partial charge is 0.134 e. The molecule has 14 heavy (non-hydrogen) atoms. The number of piperazine rings is 1. The first-order valence-corrected chi connectivity index (χ1v) is 5.87. The van der Waals surface area contributed by atoms with Crippen LogP contribution < -0.4 is 15.5 Å². The molecule has 4 heteroatoms. The molecule has 0 aromatic rings. The van der Waals surface area contributed by atoms with Gasteiger partial charge in [0.25, 0.3) is 0 Å². The standard InChI is InChI=1S/C10H23N3O/c1-2-10(11)9-13-5-3-12(4-6-13)7-8-14/h10,14H,2-9,11H2,1H3/p+3/t10-/m1/s1. The van der Waals surface area contributed by atoms with Gasteiger partial charge >= 0.3 is 0 Å². The van der Waals surface area contributed by atoms with Gasteiger partial charge in [-0.15, -0.1) is 0 Å². The van der Waals surface area contributed by atoms with Crippen molar-refractivity contribution in [3.63, 3.8) is 0 Å². The number of nitrogens with one attached hydrogen (secondary N) is 2. The van der Waals surface area contributed by atoms with Crippen LogP contribution >= 0.6 is 0 Å². The molecule has 4 nitrogen and oxygen atoms in total. The topological polar surface area (TPSA) is 56.8 Å². The fourth-order valence-corrected chi connectivity index (χ4v) is 2.12. The molecule has 84 valence electrons. The summed E-state index contributed by atoms with van der Waals surface area (Å²) in [5, 5.41) is 8.83. The highest BCUT2D eigenvalue weighted by Crippen LogP contribution is 1.76. The van der Waals surface area contributed by atoms with Crippen LogP contribution in [0, 0.1) is 0 Å². The first-order chi connectivity index (χ1) is 6.76. The van der Waals surface area contributed by atoms with Crippen LogP contribution in [0.4, 0.5) is 0 Å². The molecule has 1 saturated heterocycles. The Morgan fingerprint density at radius 3 is 2.29 bits per heavy atom. The van der Waals surface area contributed by atoms with Crippen LogP contribution in [-0.4, -0.2) is 57.0 Å². The molecule has 1 fully saturated rings. The van der Waals surface area contributed by atoms with E-state index < -0.39 is 0 Å². The predicted molar refractivity (Wildman–Crippen MR) is 55.2 cm³/mol. The van der Waals surface area contributed by atoms with Crippen LogP contribution in [0.3, 0.4) is 0 Å². The van der Waals surface area contributed by atoms with Crippen molar-refractivity contribution >= 4 is 0 Å². The first-order valence-electron chi connectivity index (χ1n) is 5.87. The summed E-state index contributed by atoms with van der Waals surface area (Å²) < 4.78 is 0. The molecule has 0 radical (unpaired) electrons. The van der Waals surface area contributed by atoms with Crippen LogP contribution in [0.25, 0.3) is 0 Å². The number of quaternary nitrogens is 3. The lowest BCUT2D eigenvalue weighted by atomic mass is 10.2. The van der Waals surface area contributed by atoms with E-state index in [1.165, 1.54) is 39.1 Å². The second-order valence-electron chi connectivity index (χ2n) is 4.45. The summed E-state index contributed by atoms with van der Waals surface area (Å²) in [6.45, 7) is 9.63. The van der Waals surface area contributed by atoms with Gasteiger partial charge in [-0.1, -0.05) is 6.92 Å². The highest BCUT2D eigenvalue weighted by molar-refractivity contribution is 4.47. The minimum atomic E-state index is 0.331. The molecular weight excluding hydrogens is 178 g/mol. The largest absolute Gasteiger partial charge is 0.391 e. The normalized spacial score (nSPS) is 30.2. The molecule has 0 aromatic carbocycles. The molecule has 0 bridgehead atoms. The average Bonchev–Trinajstić information content (AvgIpc) is 2.21. The van der Waals surface area contributed by atoms with E-state index in [4.69, 9.17) is 5.11 Å². The van der Waals surface area contributed by atoms with Crippen molar-refractivity contribution in [2.75, 3.05) is 45.9 Å². The van der Waals surface area contributed by atoms with Crippen molar-refractivity contribution in [3.8, 4) is 0 Å². The number of rotatable bonds is 5. The van der Waals surface area contributed by atoms with Crippen LogP contribution in [0.1, 0.15) is 13.3 Å². The molecule has 6 N–H and O–H groups in total. The quantitative estimate of drug-likeness (QED) is 0.360. The SMILES string of the molecule is CC[C@@H]([NH3+])C[NH+]1CC[NH+](CCO)CC1. The Morgan fingerprint density at radius 1 is 1.21 bits per heavy atom. The van der Waals surface area contributed by atoms with Gasteiger partial charge in [-0.05, 0) is 0 Å². The number of hydrogen-bond acceptors (Lipinski definition) is 1. The fraction of sp³-hybridized carbons (Fsp3) is 1.00. The minimum absolute atomic E-state index is 0.331. The summed E-state index contributed by atoms with van der Waals surface area (Å²) in [5.41, 5.74) is 4.14. The second kappa shape index (κ2) is 6.35. The number of hydrogen-bond donors (Lipinski definition) is 4. The zero-order valence-corrected chi connectivity index (χ0v) is 9.39. The first kappa shape index (κ1) is 11.9. The third-order valence-corrected chi connectivity index (χ3v) is 3.28. The molecule has 0 aliphatic carbocycles. The molecule has 1 aliphatic rings. The van der Waals surface area contributed by atoms with Crippen LogP contribution in [0.5, 0.6) is 0 Å². The Balaban J connectivity index is 2.15. The number of aliphatic hydroxyl groups is 1. The van der Waals surface area contributed by atoms with Gasteiger partial charge < -0.3 is 20.6 Å². The van der Waals surface area contributed by atoms with E-state index in [0.29, 0.717) is 12.6 Å². The van der Waals surface area contributed by atoms with Crippen molar-refractivity contribution in [2.24, 2.45) is 0 Å². The molecule has 0 unspecified atom stereocenters. The Kier molecular flexibility index (Phi) is 5.40. The third-order valence-electron chi connectivity index (χ3n) is 3.28. The Hall–Kier alpha value is -0.160. The van der Waals surface area contributed by atoms with E-state index in [9.17, 15) is 0 Å². The Morgan fingerprint density at radius 2 is 1.79 bits per heavy atom. The van der Waals surface area contributed by atoms with E-state index in [1.54, 1.807) is 9.80 Å².